The Labute approximate surface area is 204 Å². The highest BCUT2D eigenvalue weighted by Gasteiger charge is 2.62. The molecule has 0 aromatic heterocycles. The van der Waals surface area contributed by atoms with Crippen LogP contribution in [0.3, 0.4) is 0 Å². The van der Waals surface area contributed by atoms with Gasteiger partial charge in [0.15, 0.2) is 0 Å². The monoisotopic (exact) mass is 531 g/mol. The van der Waals surface area contributed by atoms with E-state index < -0.39 is 38.6 Å². The molecule has 0 aliphatic carbocycles. The van der Waals surface area contributed by atoms with Crippen LogP contribution in [0.4, 0.5) is 13.2 Å². The summed E-state index contributed by atoms with van der Waals surface area (Å²) in [5.41, 5.74) is -2.74. The molecule has 2 unspecified atom stereocenters. The molecule has 0 saturated heterocycles. The van der Waals surface area contributed by atoms with Crippen LogP contribution < -0.4 is 0 Å². The number of nitriles is 1. The molecule has 2 aromatic rings. The van der Waals surface area contributed by atoms with E-state index in [1.54, 1.807) is 0 Å². The van der Waals surface area contributed by atoms with Gasteiger partial charge in [0.25, 0.3) is 11.5 Å². The van der Waals surface area contributed by atoms with Crippen molar-refractivity contribution in [1.29, 1.82) is 5.26 Å². The highest BCUT2D eigenvalue weighted by atomic mass is 35.5. The molecule has 1 heterocycles. The third-order valence-electron chi connectivity index (χ3n) is 5.45. The van der Waals surface area contributed by atoms with Crippen LogP contribution in [-0.2, 0) is 20.2 Å². The summed E-state index contributed by atoms with van der Waals surface area (Å²) in [4.78, 5) is 17.4. The molecule has 2 atom stereocenters. The molecule has 2 aromatic carbocycles. The molecule has 34 heavy (non-hydrogen) atoms. The molecule has 0 bridgehead atoms. The highest BCUT2D eigenvalue weighted by Crippen LogP contribution is 2.49. The zero-order valence-electron chi connectivity index (χ0n) is 18.1. The van der Waals surface area contributed by atoms with Crippen LogP contribution in [-0.4, -0.2) is 33.0 Å². The summed E-state index contributed by atoms with van der Waals surface area (Å²) in [6, 6.07) is 10.8. The summed E-state index contributed by atoms with van der Waals surface area (Å²) < 4.78 is 57.4. The first-order chi connectivity index (χ1) is 15.6. The van der Waals surface area contributed by atoms with Crippen LogP contribution in [0.1, 0.15) is 41.8 Å². The number of alkyl halides is 3. The number of carbonyl (C=O) groups is 1. The second kappa shape index (κ2) is 8.87. The van der Waals surface area contributed by atoms with Gasteiger partial charge in [0.05, 0.1) is 21.5 Å². The minimum atomic E-state index is -4.84. The Bertz CT molecular complexity index is 1320. The molecule has 0 saturated carbocycles. The molecule has 6 nitrogen and oxygen atoms in total. The van der Waals surface area contributed by atoms with Gasteiger partial charge in [0.2, 0.25) is 0 Å². The van der Waals surface area contributed by atoms with E-state index in [1.165, 1.54) is 50.4 Å². The molecule has 0 radical (unpaired) electrons. The number of amides is 1. The van der Waals surface area contributed by atoms with E-state index in [2.05, 4.69) is 9.52 Å². The lowest BCUT2D eigenvalue weighted by molar-refractivity contribution is -0.275. The van der Waals surface area contributed by atoms with Crippen LogP contribution in [0.2, 0.25) is 10.0 Å². The van der Waals surface area contributed by atoms with Gasteiger partial charge in [-0.2, -0.15) is 22.8 Å². The average Bonchev–Trinajstić information content (AvgIpc) is 3.20. The van der Waals surface area contributed by atoms with Crippen LogP contribution in [0, 0.1) is 11.3 Å². The fraction of sp³-hybridized carbons (Fsp3) is 0.318. The molecular formula is C22H18Cl2F3N3O3S. The number of hydrogen-bond donors (Lipinski definition) is 0. The summed E-state index contributed by atoms with van der Waals surface area (Å²) in [5, 5.41) is 12.9. The summed E-state index contributed by atoms with van der Waals surface area (Å²) >= 11 is 11.8. The number of halogens is 5. The molecule has 1 aliphatic heterocycles. The zero-order valence-corrected chi connectivity index (χ0v) is 20.4. The van der Waals surface area contributed by atoms with Gasteiger partial charge in [-0.1, -0.05) is 40.5 Å². The Hall–Kier alpha value is -2.61. The van der Waals surface area contributed by atoms with Gasteiger partial charge in [-0.05, 0) is 49.7 Å². The zero-order chi connectivity index (χ0) is 25.5. The van der Waals surface area contributed by atoms with Crippen LogP contribution in [0.5, 0.6) is 0 Å². The maximum absolute atomic E-state index is 14.1. The number of hydrogen-bond acceptors (Lipinski definition) is 5. The summed E-state index contributed by atoms with van der Waals surface area (Å²) in [6.07, 6.45) is -4.27. The molecule has 1 amide bonds. The average molecular weight is 532 g/mol. The van der Waals surface area contributed by atoms with Gasteiger partial charge < -0.3 is 4.84 Å². The maximum Gasteiger partial charge on any atom is 0.435 e. The van der Waals surface area contributed by atoms with E-state index in [0.717, 1.165) is 12.1 Å². The summed E-state index contributed by atoms with van der Waals surface area (Å²) in [5.74, 6) is -0.815. The normalized spacial score (nSPS) is 20.0. The summed E-state index contributed by atoms with van der Waals surface area (Å²) in [6.45, 7) is 2.82. The van der Waals surface area contributed by atoms with Crippen molar-refractivity contribution in [2.24, 2.45) is 9.52 Å². The number of oxime groups is 1. The molecule has 1 aliphatic rings. The SMILES string of the molecule is CC(C)(C#N)S(C)(=O)=NC(=O)c1ccc(C2=NOC(c3cc(Cl)cc(Cl)c3)(C(F)(F)F)C2)cc1. The van der Waals surface area contributed by atoms with Crippen molar-refractivity contribution in [1.82, 2.24) is 0 Å². The molecule has 0 spiro atoms. The largest absolute Gasteiger partial charge is 0.435 e. The lowest BCUT2D eigenvalue weighted by Gasteiger charge is -2.29. The van der Waals surface area contributed by atoms with E-state index in [9.17, 15) is 22.2 Å². The van der Waals surface area contributed by atoms with Crippen LogP contribution in [0.15, 0.2) is 52.0 Å². The number of carbonyl (C=O) groups excluding carboxylic acids is 1. The third kappa shape index (κ3) is 4.78. The Morgan fingerprint density at radius 1 is 1.18 bits per heavy atom. The van der Waals surface area contributed by atoms with E-state index in [-0.39, 0.29) is 32.4 Å². The van der Waals surface area contributed by atoms with Crippen molar-refractivity contribution < 1.29 is 27.0 Å². The first-order valence-electron chi connectivity index (χ1n) is 9.68. The van der Waals surface area contributed by atoms with E-state index in [4.69, 9.17) is 33.3 Å². The van der Waals surface area contributed by atoms with Crippen LogP contribution in [0.25, 0.3) is 0 Å². The Kier molecular flexibility index (Phi) is 6.79. The van der Waals surface area contributed by atoms with Crippen molar-refractivity contribution in [3.8, 4) is 6.07 Å². The molecule has 0 fully saturated rings. The molecule has 3 rings (SSSR count). The third-order valence-corrected chi connectivity index (χ3v) is 8.39. The Balaban J connectivity index is 1.91. The number of rotatable bonds is 4. The Morgan fingerprint density at radius 2 is 1.74 bits per heavy atom. The van der Waals surface area contributed by atoms with Crippen molar-refractivity contribution in [2.75, 3.05) is 6.26 Å². The van der Waals surface area contributed by atoms with Gasteiger partial charge in [-0.3, -0.25) is 4.79 Å². The molecule has 0 N–H and O–H groups in total. The second-order valence-electron chi connectivity index (χ2n) is 8.19. The van der Waals surface area contributed by atoms with Gasteiger partial charge >= 0.3 is 6.18 Å². The first kappa shape index (κ1) is 26.0. The predicted octanol–water partition coefficient (Wildman–Crippen LogP) is 6.12. The molecule has 180 valence electrons. The van der Waals surface area contributed by atoms with E-state index >= 15 is 0 Å². The topological polar surface area (TPSA) is 91.9 Å². The highest BCUT2D eigenvalue weighted by molar-refractivity contribution is 7.94. The molecule has 12 heteroatoms. The molecular weight excluding hydrogens is 514 g/mol. The maximum atomic E-state index is 14.1. The van der Waals surface area contributed by atoms with Crippen molar-refractivity contribution in [2.45, 2.75) is 36.8 Å². The second-order valence-corrected chi connectivity index (χ2v) is 11.9. The van der Waals surface area contributed by atoms with Gasteiger partial charge in [-0.15, -0.1) is 0 Å². The summed E-state index contributed by atoms with van der Waals surface area (Å²) in [7, 11) is -3.18. The number of benzene rings is 2. The standard InChI is InChI=1S/C22H18Cl2F3N3O3S/c1-20(2,12-28)34(3,32)30-19(31)14-6-4-13(5-7-14)18-11-21(33-29-18,22(25,26)27)15-8-16(23)10-17(24)9-15/h4-10H,11H2,1-3H3. The van der Waals surface area contributed by atoms with Gasteiger partial charge in [-0.25, -0.2) is 4.21 Å². The number of nitrogens with zero attached hydrogens (tertiary/aromatic N) is 3. The van der Waals surface area contributed by atoms with E-state index in [0.29, 0.717) is 0 Å². The van der Waals surface area contributed by atoms with Gasteiger partial charge in [0.1, 0.15) is 4.75 Å². The van der Waals surface area contributed by atoms with Gasteiger partial charge in [0, 0.05) is 33.8 Å². The first-order valence-corrected chi connectivity index (χ1v) is 12.4. The quantitative estimate of drug-likeness (QED) is 0.475. The predicted molar refractivity (Wildman–Crippen MR) is 123 cm³/mol. The van der Waals surface area contributed by atoms with Crippen LogP contribution >= 0.6 is 23.2 Å². The minimum absolute atomic E-state index is 0.00531. The van der Waals surface area contributed by atoms with E-state index in [1.807, 2.05) is 6.07 Å². The van der Waals surface area contributed by atoms with Crippen molar-refractivity contribution in [3.05, 3.63) is 69.2 Å². The van der Waals surface area contributed by atoms with Crippen molar-refractivity contribution in [3.63, 3.8) is 0 Å². The van der Waals surface area contributed by atoms with Crippen molar-refractivity contribution >= 4 is 44.5 Å². The lowest BCUT2D eigenvalue weighted by Crippen LogP contribution is -2.42. The Morgan fingerprint density at radius 3 is 2.24 bits per heavy atom. The fourth-order valence-electron chi connectivity index (χ4n) is 3.06. The lowest BCUT2D eigenvalue weighted by atomic mass is 9.86. The minimum Gasteiger partial charge on any atom is -0.374 e. The smallest absolute Gasteiger partial charge is 0.374 e. The fourth-order valence-corrected chi connectivity index (χ4v) is 4.41.